The lowest BCUT2D eigenvalue weighted by atomic mass is 9.60. The van der Waals surface area contributed by atoms with Gasteiger partial charge >= 0.3 is 0 Å². The summed E-state index contributed by atoms with van der Waals surface area (Å²) < 4.78 is 27.0. The highest BCUT2D eigenvalue weighted by Crippen LogP contribution is 2.63. The van der Waals surface area contributed by atoms with Crippen molar-refractivity contribution >= 4 is 16.6 Å². The molecular formula is C46H82O5Si2. The Morgan fingerprint density at radius 3 is 2.13 bits per heavy atom. The zero-order chi connectivity index (χ0) is 39.3. The fourth-order valence-corrected chi connectivity index (χ4v) is 13.1. The van der Waals surface area contributed by atoms with E-state index in [2.05, 4.69) is 101 Å². The van der Waals surface area contributed by atoms with Crippen LogP contribution < -0.4 is 0 Å². The lowest BCUT2D eigenvalue weighted by Gasteiger charge is -2.46. The summed E-state index contributed by atoms with van der Waals surface area (Å²) in [6, 6.07) is 0. The van der Waals surface area contributed by atoms with Crippen LogP contribution in [0.15, 0.2) is 35.5 Å². The number of fused-ring (bicyclic) bond motifs is 1. The minimum atomic E-state index is -2.01. The monoisotopic (exact) mass is 771 g/mol. The van der Waals surface area contributed by atoms with E-state index < -0.39 is 22.4 Å². The van der Waals surface area contributed by atoms with Gasteiger partial charge in [0.2, 0.25) is 0 Å². The average molecular weight is 771 g/mol. The van der Waals surface area contributed by atoms with Gasteiger partial charge in [-0.05, 0) is 141 Å². The molecule has 5 rings (SSSR count). The van der Waals surface area contributed by atoms with Gasteiger partial charge in [-0.3, -0.25) is 0 Å². The first-order chi connectivity index (χ1) is 24.5. The molecule has 0 bridgehead atoms. The van der Waals surface area contributed by atoms with Gasteiger partial charge in [0, 0.05) is 18.3 Å². The molecule has 5 nitrogen and oxygen atoms in total. The molecule has 1 aliphatic heterocycles. The van der Waals surface area contributed by atoms with Crippen LogP contribution in [0.5, 0.6) is 0 Å². The molecule has 4 saturated carbocycles. The van der Waals surface area contributed by atoms with Gasteiger partial charge in [-0.25, -0.2) is 0 Å². The quantitative estimate of drug-likeness (QED) is 0.178. The Balaban J connectivity index is 1.31. The van der Waals surface area contributed by atoms with E-state index in [1.807, 2.05) is 0 Å². The molecule has 0 aromatic heterocycles. The summed E-state index contributed by atoms with van der Waals surface area (Å²) >= 11 is 0. The van der Waals surface area contributed by atoms with Gasteiger partial charge in [-0.2, -0.15) is 0 Å². The average Bonchev–Trinajstić information content (AvgIpc) is 3.55. The molecule has 5 fully saturated rings. The summed E-state index contributed by atoms with van der Waals surface area (Å²) in [5.74, 6) is 0.993. The van der Waals surface area contributed by atoms with E-state index in [0.29, 0.717) is 25.0 Å². The van der Waals surface area contributed by atoms with Crippen molar-refractivity contribution in [1.82, 2.24) is 0 Å². The second kappa shape index (κ2) is 16.0. The number of hydrogen-bond acceptors (Lipinski definition) is 5. The zero-order valence-corrected chi connectivity index (χ0v) is 38.7. The number of aliphatic hydroxyl groups excluding tert-OH is 1. The Bertz CT molecular complexity index is 1340. The molecule has 1 heterocycles. The van der Waals surface area contributed by atoms with Crippen molar-refractivity contribution in [3.63, 3.8) is 0 Å². The van der Waals surface area contributed by atoms with E-state index in [-0.39, 0.29) is 45.1 Å². The van der Waals surface area contributed by atoms with E-state index in [9.17, 15) is 5.11 Å². The Labute approximate surface area is 328 Å². The Morgan fingerprint density at radius 2 is 1.55 bits per heavy atom. The maximum Gasteiger partial charge on any atom is 0.192 e. The first-order valence-corrected chi connectivity index (χ1v) is 27.7. The van der Waals surface area contributed by atoms with Crippen LogP contribution in [-0.4, -0.2) is 59.1 Å². The number of unbranched alkanes of at least 4 members (excludes halogenated alkanes) is 1. The van der Waals surface area contributed by atoms with Crippen LogP contribution in [0.4, 0.5) is 0 Å². The number of ether oxygens (including phenoxy) is 2. The SMILES string of the molecule is C=C1/C(=C\C=C2/CCC[C@]3(C)[C@@H]([C@H](C)[C@@H](O)CCC4(C5(CCCC)OCCO5)CC4)CC[C@@H]23)C[C@@H](O[Si](C)(C)C(C)(C)C)C[C@@H]1O[Si](C)(C)C(C)(C)C. The molecule has 0 aromatic rings. The largest absolute Gasteiger partial charge is 0.413 e. The molecule has 0 radical (unpaired) electrons. The molecule has 5 aliphatic rings. The van der Waals surface area contributed by atoms with E-state index in [4.69, 9.17) is 24.9 Å². The molecule has 0 unspecified atom stereocenters. The third kappa shape index (κ3) is 8.97. The third-order valence-corrected chi connectivity index (χ3v) is 25.2. The second-order valence-electron chi connectivity index (χ2n) is 21.7. The molecule has 7 atom stereocenters. The summed E-state index contributed by atoms with van der Waals surface area (Å²) in [5, 5.41) is 12.1. The van der Waals surface area contributed by atoms with E-state index in [1.165, 1.54) is 56.1 Å². The fourth-order valence-electron chi connectivity index (χ4n) is 10.4. The second-order valence-corrected chi connectivity index (χ2v) is 31.2. The fraction of sp³-hybridized carbons (Fsp3) is 0.870. The smallest absolute Gasteiger partial charge is 0.192 e. The summed E-state index contributed by atoms with van der Waals surface area (Å²) in [6.07, 6.45) is 20.2. The van der Waals surface area contributed by atoms with Crippen molar-refractivity contribution in [3.8, 4) is 0 Å². The third-order valence-electron chi connectivity index (χ3n) is 16.2. The molecule has 304 valence electrons. The van der Waals surface area contributed by atoms with E-state index in [0.717, 1.165) is 44.9 Å². The van der Waals surface area contributed by atoms with Gasteiger partial charge in [0.15, 0.2) is 22.4 Å². The van der Waals surface area contributed by atoms with Crippen molar-refractivity contribution in [2.75, 3.05) is 13.2 Å². The minimum Gasteiger partial charge on any atom is -0.413 e. The number of rotatable bonds is 14. The van der Waals surface area contributed by atoms with Crippen LogP contribution >= 0.6 is 0 Å². The predicted octanol–water partition coefficient (Wildman–Crippen LogP) is 12.7. The van der Waals surface area contributed by atoms with E-state index in [1.54, 1.807) is 5.57 Å². The van der Waals surface area contributed by atoms with Crippen LogP contribution in [0.25, 0.3) is 0 Å². The Kier molecular flexibility index (Phi) is 13.2. The highest BCUT2D eigenvalue weighted by atomic mass is 28.4. The Morgan fingerprint density at radius 1 is 0.925 bits per heavy atom. The van der Waals surface area contributed by atoms with Crippen molar-refractivity contribution in [2.45, 2.75) is 213 Å². The Hall–Kier alpha value is -0.546. The van der Waals surface area contributed by atoms with Gasteiger partial charge in [0.05, 0.1) is 31.5 Å². The molecule has 0 aromatic carbocycles. The number of hydrogen-bond donors (Lipinski definition) is 1. The maximum atomic E-state index is 11.8. The molecular weight excluding hydrogens is 689 g/mol. The van der Waals surface area contributed by atoms with E-state index >= 15 is 0 Å². The van der Waals surface area contributed by atoms with Crippen LogP contribution in [0.3, 0.4) is 0 Å². The molecule has 53 heavy (non-hydrogen) atoms. The molecule has 7 heteroatoms. The highest BCUT2D eigenvalue weighted by Gasteiger charge is 2.62. The predicted molar refractivity (Wildman–Crippen MR) is 227 cm³/mol. The standard InChI is InChI=1S/C46H82O5Si2/c1-15-16-25-46(48-29-30-49-46)45(27-28-45)26-23-40(47)34(3)38-21-22-39-35(18-17-24-44(38,39)10)19-20-36-31-37(50-52(11,12)42(4,5)6)32-41(33(36)2)51-53(13,14)43(7,8)9/h19-20,34,37-41,47H,2,15-18,21-32H2,1,3-14H3/b35-19+,36-20-/t34-,37+,38+,39-,40-,41-,44+/m0/s1. The first kappa shape index (κ1) is 43.6. The van der Waals surface area contributed by atoms with Gasteiger partial charge in [0.25, 0.3) is 0 Å². The summed E-state index contributed by atoms with van der Waals surface area (Å²) in [6.45, 7) is 36.8. The van der Waals surface area contributed by atoms with Crippen molar-refractivity contribution in [1.29, 1.82) is 0 Å². The van der Waals surface area contributed by atoms with Crippen LogP contribution in [0.1, 0.15) is 152 Å². The highest BCUT2D eigenvalue weighted by molar-refractivity contribution is 6.74. The lowest BCUT2D eigenvalue weighted by molar-refractivity contribution is -0.215. The zero-order valence-electron chi connectivity index (χ0n) is 36.7. The van der Waals surface area contributed by atoms with Gasteiger partial charge in [-0.1, -0.05) is 93.0 Å². The number of allylic oxidation sites excluding steroid dienone is 3. The summed E-state index contributed by atoms with van der Waals surface area (Å²) in [7, 11) is -3.97. The number of aliphatic hydroxyl groups is 1. The van der Waals surface area contributed by atoms with Gasteiger partial charge < -0.3 is 23.4 Å². The first-order valence-electron chi connectivity index (χ1n) is 21.9. The molecule has 1 saturated heterocycles. The molecule has 1 N–H and O–H groups in total. The summed E-state index contributed by atoms with van der Waals surface area (Å²) in [5.41, 5.74) is 4.43. The molecule has 0 amide bonds. The normalized spacial score (nSPS) is 33.4. The van der Waals surface area contributed by atoms with Crippen LogP contribution in [0, 0.1) is 28.6 Å². The maximum absolute atomic E-state index is 11.8. The van der Waals surface area contributed by atoms with Crippen LogP contribution in [0.2, 0.25) is 36.3 Å². The molecule has 4 aliphatic carbocycles. The van der Waals surface area contributed by atoms with Gasteiger partial charge in [0.1, 0.15) is 0 Å². The van der Waals surface area contributed by atoms with Crippen molar-refractivity contribution in [3.05, 3.63) is 35.5 Å². The summed E-state index contributed by atoms with van der Waals surface area (Å²) in [4.78, 5) is 0. The molecule has 0 spiro atoms. The lowest BCUT2D eigenvalue weighted by Crippen LogP contribution is -2.49. The van der Waals surface area contributed by atoms with Crippen molar-refractivity contribution < 1.29 is 23.4 Å². The van der Waals surface area contributed by atoms with Crippen LogP contribution in [-0.2, 0) is 18.3 Å². The topological polar surface area (TPSA) is 57.2 Å². The van der Waals surface area contributed by atoms with Crippen molar-refractivity contribution in [2.24, 2.45) is 28.6 Å². The minimum absolute atomic E-state index is 0.00183. The van der Waals surface area contributed by atoms with Gasteiger partial charge in [-0.15, -0.1) is 0 Å².